The van der Waals surface area contributed by atoms with Crippen LogP contribution in [0.15, 0.2) is 18.2 Å². The smallest absolute Gasteiger partial charge is 0.254 e. The average molecular weight is 300 g/mol. The van der Waals surface area contributed by atoms with Gasteiger partial charge in [0.25, 0.3) is 5.91 Å². The molecule has 0 atom stereocenters. The van der Waals surface area contributed by atoms with Gasteiger partial charge in [-0.15, -0.1) is 0 Å². The maximum absolute atomic E-state index is 13.5. The molecule has 112 valence electrons. The first-order chi connectivity index (χ1) is 9.50. The van der Waals surface area contributed by atoms with Crippen LogP contribution in [0.25, 0.3) is 0 Å². The first-order valence-corrected chi connectivity index (χ1v) is 7.61. The number of halogens is 2. The fourth-order valence-electron chi connectivity index (χ4n) is 2.00. The number of nitrogens with one attached hydrogen (secondary N) is 1. The number of hydrogen-bond donors (Lipinski definition) is 1. The van der Waals surface area contributed by atoms with Crippen molar-refractivity contribution in [3.63, 3.8) is 0 Å². The molecule has 1 N–H and O–H groups in total. The molecule has 0 unspecified atom stereocenters. The number of rotatable bonds is 8. The molecule has 1 aromatic carbocycles. The van der Waals surface area contributed by atoms with Crippen LogP contribution in [-0.2, 0) is 0 Å². The zero-order valence-electron chi connectivity index (χ0n) is 12.2. The van der Waals surface area contributed by atoms with Crippen molar-refractivity contribution in [3.8, 4) is 0 Å². The van der Waals surface area contributed by atoms with Crippen LogP contribution in [-0.4, -0.2) is 12.5 Å². The second-order valence-corrected chi connectivity index (χ2v) is 5.91. The summed E-state index contributed by atoms with van der Waals surface area (Å²) in [6.45, 7) is 5.02. The van der Waals surface area contributed by atoms with Gasteiger partial charge >= 0.3 is 0 Å². The quantitative estimate of drug-likeness (QED) is 0.685. The van der Waals surface area contributed by atoms with E-state index in [1.165, 1.54) is 37.5 Å². The first-order valence-electron chi connectivity index (χ1n) is 7.24. The van der Waals surface area contributed by atoms with E-state index in [1.54, 1.807) is 0 Å². The van der Waals surface area contributed by atoms with Gasteiger partial charge in [-0.1, -0.05) is 51.1 Å². The van der Waals surface area contributed by atoms with Gasteiger partial charge in [0.2, 0.25) is 0 Å². The second-order valence-electron chi connectivity index (χ2n) is 5.48. The Bertz CT molecular complexity index is 434. The number of carbonyl (C=O) groups excluding carboxylic acids is 1. The van der Waals surface area contributed by atoms with E-state index in [9.17, 15) is 9.18 Å². The van der Waals surface area contributed by atoms with Crippen LogP contribution in [0.2, 0.25) is 5.02 Å². The minimum Gasteiger partial charge on any atom is -0.352 e. The lowest BCUT2D eigenvalue weighted by molar-refractivity contribution is 0.0949. The number of hydrogen-bond acceptors (Lipinski definition) is 1. The lowest BCUT2D eigenvalue weighted by Gasteiger charge is -2.07. The third-order valence-electron chi connectivity index (χ3n) is 3.17. The molecule has 0 saturated carbocycles. The van der Waals surface area contributed by atoms with Crippen LogP contribution in [0.5, 0.6) is 0 Å². The van der Waals surface area contributed by atoms with Crippen molar-refractivity contribution in [2.75, 3.05) is 6.54 Å². The summed E-state index contributed by atoms with van der Waals surface area (Å²) in [5.74, 6) is -0.184. The number of unbranched alkanes of at least 4 members (excludes halogenated alkanes) is 3. The fourth-order valence-corrected chi connectivity index (χ4v) is 2.17. The van der Waals surface area contributed by atoms with Gasteiger partial charge in [-0.3, -0.25) is 4.79 Å². The molecule has 2 nitrogen and oxygen atoms in total. The molecule has 0 fully saturated rings. The van der Waals surface area contributed by atoms with Crippen LogP contribution in [0.1, 0.15) is 56.3 Å². The van der Waals surface area contributed by atoms with Crippen molar-refractivity contribution < 1.29 is 9.18 Å². The third-order valence-corrected chi connectivity index (χ3v) is 3.40. The molecule has 0 bridgehead atoms. The molecule has 0 heterocycles. The topological polar surface area (TPSA) is 29.1 Å². The van der Waals surface area contributed by atoms with Gasteiger partial charge in [0.05, 0.1) is 5.56 Å². The van der Waals surface area contributed by atoms with E-state index in [0.717, 1.165) is 18.8 Å². The Morgan fingerprint density at radius 3 is 2.65 bits per heavy atom. The SMILES string of the molecule is CC(C)CCCCCCNC(=O)c1cc(Cl)ccc1F. The molecule has 0 aliphatic heterocycles. The van der Waals surface area contributed by atoms with E-state index in [-0.39, 0.29) is 5.56 Å². The van der Waals surface area contributed by atoms with Crippen LogP contribution in [0.4, 0.5) is 4.39 Å². The molecule has 0 aliphatic rings. The molecule has 0 saturated heterocycles. The largest absolute Gasteiger partial charge is 0.352 e. The van der Waals surface area contributed by atoms with Crippen molar-refractivity contribution in [1.29, 1.82) is 0 Å². The predicted molar refractivity (Wildman–Crippen MR) is 81.7 cm³/mol. The summed E-state index contributed by atoms with van der Waals surface area (Å²) in [7, 11) is 0. The number of benzene rings is 1. The molecule has 20 heavy (non-hydrogen) atoms. The van der Waals surface area contributed by atoms with Gasteiger partial charge < -0.3 is 5.32 Å². The van der Waals surface area contributed by atoms with E-state index in [1.807, 2.05) is 0 Å². The van der Waals surface area contributed by atoms with Crippen LogP contribution < -0.4 is 5.32 Å². The lowest BCUT2D eigenvalue weighted by atomic mass is 10.0. The fraction of sp³-hybridized carbons (Fsp3) is 0.562. The van der Waals surface area contributed by atoms with Gasteiger partial charge in [0, 0.05) is 11.6 Å². The third kappa shape index (κ3) is 6.38. The van der Waals surface area contributed by atoms with Crippen molar-refractivity contribution >= 4 is 17.5 Å². The average Bonchev–Trinajstić information content (AvgIpc) is 2.39. The highest BCUT2D eigenvalue weighted by Crippen LogP contribution is 2.14. The van der Waals surface area contributed by atoms with Crippen LogP contribution >= 0.6 is 11.6 Å². The zero-order chi connectivity index (χ0) is 15.0. The van der Waals surface area contributed by atoms with Gasteiger partial charge in [0.1, 0.15) is 5.82 Å². The van der Waals surface area contributed by atoms with E-state index >= 15 is 0 Å². The standard InChI is InChI=1S/C16H23ClFNO/c1-12(2)7-5-3-4-6-10-19-16(20)14-11-13(17)8-9-15(14)18/h8-9,11-12H,3-7,10H2,1-2H3,(H,19,20). The maximum atomic E-state index is 13.5. The summed E-state index contributed by atoms with van der Waals surface area (Å²) in [6, 6.07) is 4.00. The van der Waals surface area contributed by atoms with Crippen molar-refractivity contribution in [2.45, 2.75) is 46.0 Å². The highest BCUT2D eigenvalue weighted by Gasteiger charge is 2.11. The molecule has 1 aromatic rings. The summed E-state index contributed by atoms with van der Waals surface area (Å²) in [5, 5.41) is 3.10. The highest BCUT2D eigenvalue weighted by atomic mass is 35.5. The molecule has 0 spiro atoms. The molecule has 0 aliphatic carbocycles. The van der Waals surface area contributed by atoms with E-state index in [4.69, 9.17) is 11.6 Å². The van der Waals surface area contributed by atoms with Gasteiger partial charge in [-0.2, -0.15) is 0 Å². The molecule has 1 amide bonds. The van der Waals surface area contributed by atoms with Gasteiger partial charge in [-0.25, -0.2) is 4.39 Å². The number of carbonyl (C=O) groups is 1. The minimum absolute atomic E-state index is 0.0114. The summed E-state index contributed by atoms with van der Waals surface area (Å²) in [6.07, 6.45) is 5.67. The lowest BCUT2D eigenvalue weighted by Crippen LogP contribution is -2.25. The van der Waals surface area contributed by atoms with Crippen molar-refractivity contribution in [2.24, 2.45) is 5.92 Å². The molecular weight excluding hydrogens is 277 g/mol. The summed E-state index contributed by atoms with van der Waals surface area (Å²) >= 11 is 5.76. The Morgan fingerprint density at radius 1 is 1.25 bits per heavy atom. The Balaban J connectivity index is 2.22. The number of amides is 1. The predicted octanol–water partition coefficient (Wildman–Crippen LogP) is 4.82. The summed E-state index contributed by atoms with van der Waals surface area (Å²) in [4.78, 5) is 11.8. The second kappa shape index (κ2) is 8.96. The Labute approximate surface area is 125 Å². The van der Waals surface area contributed by atoms with Crippen molar-refractivity contribution in [1.82, 2.24) is 5.32 Å². The van der Waals surface area contributed by atoms with Crippen LogP contribution in [0.3, 0.4) is 0 Å². The normalized spacial score (nSPS) is 10.8. The molecular formula is C16H23ClFNO. The maximum Gasteiger partial charge on any atom is 0.254 e. The van der Waals surface area contributed by atoms with Crippen molar-refractivity contribution in [3.05, 3.63) is 34.6 Å². The minimum atomic E-state index is -0.538. The van der Waals surface area contributed by atoms with E-state index < -0.39 is 11.7 Å². The monoisotopic (exact) mass is 299 g/mol. The first kappa shape index (κ1) is 17.0. The van der Waals surface area contributed by atoms with Gasteiger partial charge in [0.15, 0.2) is 0 Å². The van der Waals surface area contributed by atoms with E-state index in [0.29, 0.717) is 11.6 Å². The Morgan fingerprint density at radius 2 is 1.95 bits per heavy atom. The summed E-state index contributed by atoms with van der Waals surface area (Å²) in [5.41, 5.74) is 0.0114. The summed E-state index contributed by atoms with van der Waals surface area (Å²) < 4.78 is 13.5. The zero-order valence-corrected chi connectivity index (χ0v) is 13.0. The molecule has 0 radical (unpaired) electrons. The van der Waals surface area contributed by atoms with Gasteiger partial charge in [-0.05, 0) is 30.5 Å². The van der Waals surface area contributed by atoms with Crippen LogP contribution in [0, 0.1) is 11.7 Å². The molecule has 1 rings (SSSR count). The molecule has 4 heteroatoms. The highest BCUT2D eigenvalue weighted by molar-refractivity contribution is 6.30. The Hall–Kier alpha value is -1.09. The molecule has 0 aromatic heterocycles. The Kier molecular flexibility index (Phi) is 7.60. The van der Waals surface area contributed by atoms with E-state index in [2.05, 4.69) is 19.2 Å².